The van der Waals surface area contributed by atoms with Gasteiger partial charge in [-0.3, -0.25) is 14.2 Å². The Morgan fingerprint density at radius 2 is 1.95 bits per heavy atom. The lowest BCUT2D eigenvalue weighted by Gasteiger charge is -2.09. The van der Waals surface area contributed by atoms with Crippen molar-refractivity contribution in [3.63, 3.8) is 0 Å². The van der Waals surface area contributed by atoms with Crippen LogP contribution in [0.25, 0.3) is 11.0 Å². The maximum atomic E-state index is 12.8. The van der Waals surface area contributed by atoms with Crippen LogP contribution in [0.2, 0.25) is 0 Å². The molecule has 0 fully saturated rings. The Kier molecular flexibility index (Phi) is 3.77. The lowest BCUT2D eigenvalue weighted by atomic mass is 10.2. The molecule has 110 valence electrons. The molecule has 0 aliphatic carbocycles. The molecule has 0 aliphatic rings. The topological polar surface area (TPSA) is 61.2 Å². The number of esters is 1. The highest BCUT2D eigenvalue weighted by atomic mass is 79.9. The van der Waals surface area contributed by atoms with Gasteiger partial charge in [-0.05, 0) is 30.3 Å². The lowest BCUT2D eigenvalue weighted by molar-refractivity contribution is -0.131. The van der Waals surface area contributed by atoms with Crippen molar-refractivity contribution in [1.82, 2.24) is 9.55 Å². The Bertz CT molecular complexity index is 886. The minimum Gasteiger partial charge on any atom is -0.426 e. The van der Waals surface area contributed by atoms with E-state index in [1.807, 2.05) is 24.3 Å². The maximum Gasteiger partial charge on any atom is 0.308 e. The van der Waals surface area contributed by atoms with Crippen molar-refractivity contribution < 1.29 is 14.3 Å². The summed E-state index contributed by atoms with van der Waals surface area (Å²) in [7, 11) is 0. The molecule has 2 aromatic carbocycles. The van der Waals surface area contributed by atoms with Crippen molar-refractivity contribution >= 4 is 38.8 Å². The van der Waals surface area contributed by atoms with Crippen LogP contribution >= 0.6 is 15.9 Å². The van der Waals surface area contributed by atoms with E-state index in [9.17, 15) is 9.59 Å². The van der Waals surface area contributed by atoms with E-state index in [-0.39, 0.29) is 17.2 Å². The molecule has 0 N–H and O–H groups in total. The van der Waals surface area contributed by atoms with Gasteiger partial charge < -0.3 is 4.74 Å². The van der Waals surface area contributed by atoms with Crippen LogP contribution < -0.4 is 4.74 Å². The van der Waals surface area contributed by atoms with Crippen molar-refractivity contribution in [2.45, 2.75) is 6.92 Å². The van der Waals surface area contributed by atoms with Crippen molar-refractivity contribution in [3.8, 4) is 5.75 Å². The third-order valence-electron chi connectivity index (χ3n) is 3.10. The molecule has 22 heavy (non-hydrogen) atoms. The Balaban J connectivity index is 2.12. The minimum atomic E-state index is -0.480. The second kappa shape index (κ2) is 5.73. The summed E-state index contributed by atoms with van der Waals surface area (Å²) in [5.74, 6) is -0.573. The third-order valence-corrected chi connectivity index (χ3v) is 3.59. The zero-order valence-corrected chi connectivity index (χ0v) is 13.2. The van der Waals surface area contributed by atoms with E-state index in [0.29, 0.717) is 5.52 Å². The van der Waals surface area contributed by atoms with Crippen LogP contribution in [0.4, 0.5) is 0 Å². The number of rotatable bonds is 2. The first-order valence-corrected chi connectivity index (χ1v) is 7.30. The minimum absolute atomic E-state index is 0.221. The number of fused-ring (bicyclic) bond motifs is 1. The number of carbonyl (C=O) groups is 2. The van der Waals surface area contributed by atoms with Gasteiger partial charge in [0.1, 0.15) is 12.1 Å². The molecule has 5 nitrogen and oxygen atoms in total. The summed E-state index contributed by atoms with van der Waals surface area (Å²) >= 11 is 3.33. The molecule has 3 rings (SSSR count). The summed E-state index contributed by atoms with van der Waals surface area (Å²) in [4.78, 5) is 28.2. The zero-order chi connectivity index (χ0) is 15.7. The predicted octanol–water partition coefficient (Wildman–Crippen LogP) is 3.41. The molecular formula is C16H11BrN2O3. The molecule has 1 heterocycles. The van der Waals surface area contributed by atoms with Gasteiger partial charge >= 0.3 is 5.97 Å². The molecule has 1 aromatic heterocycles. The highest BCUT2D eigenvalue weighted by Gasteiger charge is 2.18. The predicted molar refractivity (Wildman–Crippen MR) is 84.9 cm³/mol. The van der Waals surface area contributed by atoms with Crippen molar-refractivity contribution in [1.29, 1.82) is 0 Å². The molecule has 0 unspecified atom stereocenters. The largest absolute Gasteiger partial charge is 0.426 e. The highest BCUT2D eigenvalue weighted by molar-refractivity contribution is 9.10. The lowest BCUT2D eigenvalue weighted by Crippen LogP contribution is -2.14. The molecule has 0 spiro atoms. The van der Waals surface area contributed by atoms with Gasteiger partial charge in [-0.25, -0.2) is 4.98 Å². The van der Waals surface area contributed by atoms with Crippen molar-refractivity contribution in [2.75, 3.05) is 0 Å². The van der Waals surface area contributed by atoms with Crippen LogP contribution in [0.1, 0.15) is 17.3 Å². The second-order valence-corrected chi connectivity index (χ2v) is 5.56. The van der Waals surface area contributed by atoms with Gasteiger partial charge in [0.2, 0.25) is 0 Å². The molecule has 0 aliphatic heterocycles. The third kappa shape index (κ3) is 2.65. The smallest absolute Gasteiger partial charge is 0.308 e. The first-order valence-electron chi connectivity index (χ1n) is 6.51. The number of aromatic nitrogens is 2. The zero-order valence-electron chi connectivity index (χ0n) is 11.6. The van der Waals surface area contributed by atoms with Crippen LogP contribution in [0, 0.1) is 0 Å². The van der Waals surface area contributed by atoms with E-state index in [2.05, 4.69) is 20.9 Å². The molecule has 0 bridgehead atoms. The Morgan fingerprint density at radius 3 is 2.73 bits per heavy atom. The fourth-order valence-corrected chi connectivity index (χ4v) is 2.53. The number of carbonyl (C=O) groups excluding carboxylic acids is 2. The molecule has 0 saturated carbocycles. The average molecular weight is 359 g/mol. The quantitative estimate of drug-likeness (QED) is 0.520. The van der Waals surface area contributed by atoms with Crippen LogP contribution in [-0.4, -0.2) is 21.4 Å². The van der Waals surface area contributed by atoms with Gasteiger partial charge in [0, 0.05) is 11.4 Å². The second-order valence-electron chi connectivity index (χ2n) is 4.64. The van der Waals surface area contributed by atoms with Crippen LogP contribution in [0.3, 0.4) is 0 Å². The fourth-order valence-electron chi connectivity index (χ4n) is 2.16. The maximum absolute atomic E-state index is 12.8. The van der Waals surface area contributed by atoms with E-state index in [0.717, 1.165) is 9.99 Å². The molecule has 0 saturated heterocycles. The number of nitrogens with zero attached hydrogens (tertiary/aromatic N) is 2. The fraction of sp³-hybridized carbons (Fsp3) is 0.0625. The molecule has 3 aromatic rings. The number of hydrogen-bond donors (Lipinski definition) is 0. The molecule has 6 heteroatoms. The molecule has 0 atom stereocenters. The Hall–Kier alpha value is -2.47. The van der Waals surface area contributed by atoms with Crippen molar-refractivity contribution in [2.24, 2.45) is 0 Å². The summed E-state index contributed by atoms with van der Waals surface area (Å²) < 4.78 is 7.27. The number of imidazole rings is 1. The first-order chi connectivity index (χ1) is 10.6. The monoisotopic (exact) mass is 358 g/mol. The van der Waals surface area contributed by atoms with Crippen LogP contribution in [0.5, 0.6) is 5.75 Å². The number of hydrogen-bond acceptors (Lipinski definition) is 4. The van der Waals surface area contributed by atoms with Gasteiger partial charge in [0.15, 0.2) is 0 Å². The van der Waals surface area contributed by atoms with E-state index in [4.69, 9.17) is 4.74 Å². The summed E-state index contributed by atoms with van der Waals surface area (Å²) in [6.45, 7) is 1.29. The first kappa shape index (κ1) is 14.5. The summed E-state index contributed by atoms with van der Waals surface area (Å²) in [6, 6.07) is 12.2. The SMILES string of the molecule is CC(=O)Oc1ccc(Br)cc1C(=O)n1cnc2ccccc21. The molecular weight excluding hydrogens is 348 g/mol. The van der Waals surface area contributed by atoms with E-state index >= 15 is 0 Å². The van der Waals surface area contributed by atoms with Crippen LogP contribution in [0.15, 0.2) is 53.3 Å². The summed E-state index contributed by atoms with van der Waals surface area (Å²) in [5, 5.41) is 0. The molecule has 0 radical (unpaired) electrons. The summed E-state index contributed by atoms with van der Waals surface area (Å²) in [6.07, 6.45) is 1.46. The van der Waals surface area contributed by atoms with E-state index < -0.39 is 5.97 Å². The van der Waals surface area contributed by atoms with Crippen LogP contribution in [-0.2, 0) is 4.79 Å². The highest BCUT2D eigenvalue weighted by Crippen LogP contribution is 2.25. The van der Waals surface area contributed by atoms with Crippen molar-refractivity contribution in [3.05, 3.63) is 58.8 Å². The number of ether oxygens (including phenoxy) is 1. The van der Waals surface area contributed by atoms with Gasteiger partial charge in [0.05, 0.1) is 16.6 Å². The number of halogens is 1. The van der Waals surface area contributed by atoms with E-state index in [1.165, 1.54) is 17.8 Å². The number of benzene rings is 2. The van der Waals surface area contributed by atoms with Gasteiger partial charge in [-0.15, -0.1) is 0 Å². The van der Waals surface area contributed by atoms with E-state index in [1.54, 1.807) is 18.2 Å². The van der Waals surface area contributed by atoms with Gasteiger partial charge in [-0.1, -0.05) is 28.1 Å². The standard InChI is InChI=1S/C16H11BrN2O3/c1-10(20)22-15-7-6-11(17)8-12(15)16(21)19-9-18-13-4-2-3-5-14(13)19/h2-9H,1H3. The number of para-hydroxylation sites is 2. The normalized spacial score (nSPS) is 10.6. The Morgan fingerprint density at radius 1 is 1.18 bits per heavy atom. The van der Waals surface area contributed by atoms with Gasteiger partial charge in [0.25, 0.3) is 5.91 Å². The Labute approximate surface area is 134 Å². The summed E-state index contributed by atoms with van der Waals surface area (Å²) in [5.41, 5.74) is 1.70. The van der Waals surface area contributed by atoms with Gasteiger partial charge in [-0.2, -0.15) is 0 Å². The molecule has 0 amide bonds. The average Bonchev–Trinajstić information content (AvgIpc) is 2.92.